The molecule has 0 radical (unpaired) electrons. The monoisotopic (exact) mass is 428 g/mol. The maximum Gasteiger partial charge on any atom is 0.310 e. The van der Waals surface area contributed by atoms with Gasteiger partial charge in [-0.1, -0.05) is 30.3 Å². The minimum absolute atomic E-state index is 0.168. The van der Waals surface area contributed by atoms with E-state index in [0.29, 0.717) is 30.9 Å². The summed E-state index contributed by atoms with van der Waals surface area (Å²) in [7, 11) is -3.68. The van der Waals surface area contributed by atoms with E-state index in [1.807, 2.05) is 36.1 Å². The number of hydrogen-bond donors (Lipinski definition) is 0. The number of fused-ring (bicyclic) bond motifs is 1. The summed E-state index contributed by atoms with van der Waals surface area (Å²) in [5, 5.41) is 0. The molecule has 1 unspecified atom stereocenters. The summed E-state index contributed by atoms with van der Waals surface area (Å²) in [6.07, 6.45) is 1.47. The molecule has 1 saturated heterocycles. The number of carbonyl (C=O) groups is 1. The van der Waals surface area contributed by atoms with Crippen molar-refractivity contribution in [2.75, 3.05) is 26.3 Å². The van der Waals surface area contributed by atoms with Gasteiger partial charge < -0.3 is 14.4 Å². The first-order chi connectivity index (χ1) is 14.5. The molecule has 8 heteroatoms. The number of nitrogens with zero attached hydrogens (tertiary/aromatic N) is 2. The van der Waals surface area contributed by atoms with Crippen molar-refractivity contribution in [3.8, 4) is 5.75 Å². The average Bonchev–Trinajstić information content (AvgIpc) is 3.03. The van der Waals surface area contributed by atoms with Gasteiger partial charge in [0.1, 0.15) is 23.9 Å². The molecule has 2 heterocycles. The molecule has 2 aliphatic rings. The number of benzene rings is 2. The predicted octanol–water partition coefficient (Wildman–Crippen LogP) is 2.78. The second-order valence-electron chi connectivity index (χ2n) is 7.45. The lowest BCUT2D eigenvalue weighted by Gasteiger charge is -2.32. The van der Waals surface area contributed by atoms with Gasteiger partial charge in [-0.05, 0) is 43.5 Å². The van der Waals surface area contributed by atoms with E-state index in [-0.39, 0.29) is 30.0 Å². The Balaban J connectivity index is 1.34. The number of aryl methyl sites for hydroxylation is 1. The van der Waals surface area contributed by atoms with Crippen LogP contribution in [0.25, 0.3) is 0 Å². The third-order valence-electron chi connectivity index (χ3n) is 5.35. The Morgan fingerprint density at radius 1 is 1.13 bits per heavy atom. The van der Waals surface area contributed by atoms with E-state index in [1.54, 1.807) is 24.3 Å². The Morgan fingerprint density at radius 3 is 2.73 bits per heavy atom. The molecule has 158 valence electrons. The molecule has 0 amide bonds. The fourth-order valence-corrected chi connectivity index (χ4v) is 5.04. The fourth-order valence-electron chi connectivity index (χ4n) is 3.81. The summed E-state index contributed by atoms with van der Waals surface area (Å²) in [5.74, 6) is 0.584. The fraction of sp³-hybridized carbons (Fsp3) is 0.364. The van der Waals surface area contributed by atoms with E-state index in [2.05, 4.69) is 4.40 Å². The second kappa shape index (κ2) is 8.47. The summed E-state index contributed by atoms with van der Waals surface area (Å²) >= 11 is 0. The molecule has 0 saturated carbocycles. The van der Waals surface area contributed by atoms with Crippen molar-refractivity contribution in [1.29, 1.82) is 0 Å². The molecule has 2 aromatic carbocycles. The minimum Gasteiger partial charge on any atom is -0.490 e. The minimum atomic E-state index is -3.68. The van der Waals surface area contributed by atoms with Crippen LogP contribution in [0.4, 0.5) is 0 Å². The lowest BCUT2D eigenvalue weighted by atomic mass is 9.97. The van der Waals surface area contributed by atoms with E-state index in [4.69, 9.17) is 9.47 Å². The largest absolute Gasteiger partial charge is 0.490 e. The molecule has 2 aliphatic heterocycles. The van der Waals surface area contributed by atoms with Crippen LogP contribution in [0, 0.1) is 12.8 Å². The smallest absolute Gasteiger partial charge is 0.310 e. The van der Waals surface area contributed by atoms with Gasteiger partial charge in [0.15, 0.2) is 5.84 Å². The number of sulfonamides is 1. The first-order valence-electron chi connectivity index (χ1n) is 10.00. The molecule has 1 atom stereocenters. The highest BCUT2D eigenvalue weighted by atomic mass is 32.2. The number of likely N-dealkylation sites (tertiary alicyclic amines) is 1. The van der Waals surface area contributed by atoms with Gasteiger partial charge in [0.05, 0.1) is 5.92 Å². The molecular formula is C22H24N2O5S. The van der Waals surface area contributed by atoms with Gasteiger partial charge in [-0.3, -0.25) is 4.79 Å². The van der Waals surface area contributed by atoms with Crippen molar-refractivity contribution >= 4 is 21.8 Å². The van der Waals surface area contributed by atoms with Crippen molar-refractivity contribution < 1.29 is 22.7 Å². The molecule has 2 aromatic rings. The zero-order valence-electron chi connectivity index (χ0n) is 16.8. The Labute approximate surface area is 176 Å². The highest BCUT2D eigenvalue weighted by Crippen LogP contribution is 2.30. The summed E-state index contributed by atoms with van der Waals surface area (Å²) < 4.78 is 39.7. The van der Waals surface area contributed by atoms with Crippen LogP contribution >= 0.6 is 0 Å². The quantitative estimate of drug-likeness (QED) is 0.538. The molecule has 4 rings (SSSR count). The standard InChI is InChI=1S/C22H24N2O5S/c1-16-7-2-4-10-19(16)28-13-14-29-22(25)17-8-6-12-24(15-17)21-18-9-3-5-11-20(18)30(26,27)23-21/h2-5,7,9-11,17H,6,8,12-15H2,1H3. The number of esters is 1. The SMILES string of the molecule is Cc1ccccc1OCCOC(=O)C1CCCN(C2=NS(=O)(=O)c3ccccc32)C1. The molecule has 1 fully saturated rings. The van der Waals surface area contributed by atoms with Gasteiger partial charge in [0.25, 0.3) is 10.0 Å². The van der Waals surface area contributed by atoms with Crippen LogP contribution in [-0.4, -0.2) is 51.4 Å². The van der Waals surface area contributed by atoms with Crippen LogP contribution in [0.5, 0.6) is 5.75 Å². The van der Waals surface area contributed by atoms with E-state index in [1.165, 1.54) is 0 Å². The van der Waals surface area contributed by atoms with Crippen LogP contribution in [0.15, 0.2) is 57.8 Å². The van der Waals surface area contributed by atoms with Crippen molar-refractivity contribution in [3.05, 3.63) is 59.7 Å². The molecule has 0 bridgehead atoms. The van der Waals surface area contributed by atoms with E-state index >= 15 is 0 Å². The predicted molar refractivity (Wildman–Crippen MR) is 112 cm³/mol. The molecule has 0 spiro atoms. The second-order valence-corrected chi connectivity index (χ2v) is 9.03. The Kier molecular flexibility index (Phi) is 5.76. The highest BCUT2D eigenvalue weighted by molar-refractivity contribution is 7.90. The first-order valence-corrected chi connectivity index (χ1v) is 11.4. The molecule has 0 aromatic heterocycles. The Hall–Kier alpha value is -2.87. The number of para-hydroxylation sites is 1. The Morgan fingerprint density at radius 2 is 1.90 bits per heavy atom. The Bertz CT molecular complexity index is 1080. The zero-order valence-corrected chi connectivity index (χ0v) is 17.6. The highest BCUT2D eigenvalue weighted by Gasteiger charge is 2.35. The topological polar surface area (TPSA) is 85.3 Å². The summed E-state index contributed by atoms with van der Waals surface area (Å²) in [5.41, 5.74) is 1.62. The zero-order chi connectivity index (χ0) is 21.1. The van der Waals surface area contributed by atoms with Gasteiger partial charge in [0.2, 0.25) is 0 Å². The normalized spacial score (nSPS) is 19.7. The van der Waals surface area contributed by atoms with Crippen LogP contribution in [-0.2, 0) is 19.6 Å². The maximum absolute atomic E-state index is 12.5. The summed E-state index contributed by atoms with van der Waals surface area (Å²) in [4.78, 5) is 14.6. The molecule has 7 nitrogen and oxygen atoms in total. The molecule has 0 aliphatic carbocycles. The average molecular weight is 429 g/mol. The van der Waals surface area contributed by atoms with Crippen LogP contribution in [0.3, 0.4) is 0 Å². The molecule has 30 heavy (non-hydrogen) atoms. The third kappa shape index (κ3) is 4.18. The number of piperidine rings is 1. The summed E-state index contributed by atoms with van der Waals surface area (Å²) in [6.45, 7) is 3.46. The van der Waals surface area contributed by atoms with Gasteiger partial charge in [-0.2, -0.15) is 8.42 Å². The third-order valence-corrected chi connectivity index (χ3v) is 6.67. The van der Waals surface area contributed by atoms with Crippen molar-refractivity contribution in [2.24, 2.45) is 10.3 Å². The maximum atomic E-state index is 12.5. The van der Waals surface area contributed by atoms with E-state index < -0.39 is 10.0 Å². The number of ether oxygens (including phenoxy) is 2. The number of hydrogen-bond acceptors (Lipinski definition) is 6. The van der Waals surface area contributed by atoms with E-state index in [0.717, 1.165) is 17.7 Å². The van der Waals surface area contributed by atoms with Crippen molar-refractivity contribution in [3.63, 3.8) is 0 Å². The molecule has 0 N–H and O–H groups in total. The van der Waals surface area contributed by atoms with Gasteiger partial charge in [-0.25, -0.2) is 0 Å². The van der Waals surface area contributed by atoms with Crippen molar-refractivity contribution in [1.82, 2.24) is 4.90 Å². The van der Waals surface area contributed by atoms with Gasteiger partial charge in [-0.15, -0.1) is 4.40 Å². The van der Waals surface area contributed by atoms with Crippen LogP contribution in [0.1, 0.15) is 24.0 Å². The van der Waals surface area contributed by atoms with E-state index in [9.17, 15) is 13.2 Å². The number of carbonyl (C=O) groups excluding carboxylic acids is 1. The van der Waals surface area contributed by atoms with Crippen molar-refractivity contribution in [2.45, 2.75) is 24.7 Å². The lowest BCUT2D eigenvalue weighted by molar-refractivity contribution is -0.150. The molecular weight excluding hydrogens is 404 g/mol. The van der Waals surface area contributed by atoms with Gasteiger partial charge >= 0.3 is 5.97 Å². The van der Waals surface area contributed by atoms with Gasteiger partial charge in [0, 0.05) is 18.7 Å². The summed E-state index contributed by atoms with van der Waals surface area (Å²) in [6, 6.07) is 14.5. The first kappa shape index (κ1) is 20.4. The van der Waals surface area contributed by atoms with Crippen LogP contribution in [0.2, 0.25) is 0 Å². The lowest BCUT2D eigenvalue weighted by Crippen LogP contribution is -2.43. The van der Waals surface area contributed by atoms with Crippen LogP contribution < -0.4 is 4.74 Å². The number of rotatable bonds is 5. The number of amidine groups is 1.